The summed E-state index contributed by atoms with van der Waals surface area (Å²) >= 11 is 0. The highest BCUT2D eigenvalue weighted by Crippen LogP contribution is 2.31. The van der Waals surface area contributed by atoms with Gasteiger partial charge in [-0.3, -0.25) is 4.99 Å². The highest BCUT2D eigenvalue weighted by atomic mass is 19.1. The first-order chi connectivity index (χ1) is 8.86. The zero-order valence-electron chi connectivity index (χ0n) is 10.4. The summed E-state index contributed by atoms with van der Waals surface area (Å²) in [6.45, 7) is 1.35. The zero-order valence-corrected chi connectivity index (χ0v) is 10.4. The fourth-order valence-corrected chi connectivity index (χ4v) is 2.13. The van der Waals surface area contributed by atoms with Crippen molar-refractivity contribution in [1.29, 1.82) is 0 Å². The van der Waals surface area contributed by atoms with E-state index in [0.29, 0.717) is 0 Å². The number of nitrogens with zero attached hydrogens (tertiary/aromatic N) is 1. The highest BCUT2D eigenvalue weighted by Gasteiger charge is 2.16. The molecule has 92 valence electrons. The monoisotopic (exact) mass is 241 g/mol. The van der Waals surface area contributed by atoms with Gasteiger partial charge in [0, 0.05) is 17.8 Å². The number of hydrogen-bond acceptors (Lipinski definition) is 1. The summed E-state index contributed by atoms with van der Waals surface area (Å²) in [7, 11) is 0. The Morgan fingerprint density at radius 3 is 2.94 bits per heavy atom. The normalized spacial score (nSPS) is 19.0. The number of allylic oxidation sites excluding steroid dienone is 4. The highest BCUT2D eigenvalue weighted by molar-refractivity contribution is 5.62. The van der Waals surface area contributed by atoms with E-state index in [4.69, 9.17) is 0 Å². The average molecular weight is 241 g/mol. The van der Waals surface area contributed by atoms with Gasteiger partial charge in [-0.1, -0.05) is 48.6 Å². The summed E-state index contributed by atoms with van der Waals surface area (Å²) in [4.78, 5) is 4.30. The van der Waals surface area contributed by atoms with Gasteiger partial charge in [-0.05, 0) is 24.1 Å². The van der Waals surface area contributed by atoms with Crippen molar-refractivity contribution in [1.82, 2.24) is 0 Å². The molecule has 0 N–H and O–H groups in total. The van der Waals surface area contributed by atoms with Gasteiger partial charge in [-0.25, -0.2) is 4.39 Å². The lowest BCUT2D eigenvalue weighted by atomic mass is 9.92. The van der Waals surface area contributed by atoms with Crippen molar-refractivity contribution in [2.24, 2.45) is 4.99 Å². The molecule has 2 heteroatoms. The van der Waals surface area contributed by atoms with Crippen LogP contribution in [0.1, 0.15) is 24.0 Å². The molecule has 1 atom stereocenters. The van der Waals surface area contributed by atoms with Crippen LogP contribution < -0.4 is 0 Å². The summed E-state index contributed by atoms with van der Waals surface area (Å²) in [5, 5.41) is 0. The maximum Gasteiger partial charge on any atom is 0.110 e. The molecule has 1 aliphatic carbocycles. The van der Waals surface area contributed by atoms with E-state index in [1.807, 2.05) is 31.2 Å². The Bertz CT molecular complexity index is 524. The van der Waals surface area contributed by atoms with E-state index < -0.39 is 6.67 Å². The number of rotatable bonds is 3. The number of fused-ring (bicyclic) bond motifs is 1. The molecule has 0 saturated heterocycles. The largest absolute Gasteiger partial charge is 0.265 e. The number of hydrogen-bond donors (Lipinski definition) is 0. The summed E-state index contributed by atoms with van der Waals surface area (Å²) in [5.41, 5.74) is 3.07. The molecule has 1 unspecified atom stereocenters. The zero-order chi connectivity index (χ0) is 12.8. The average Bonchev–Trinajstić information content (AvgIpc) is 2.61. The third-order valence-electron chi connectivity index (χ3n) is 2.90. The van der Waals surface area contributed by atoms with Crippen molar-refractivity contribution in [3.8, 4) is 0 Å². The molecule has 0 spiro atoms. The lowest BCUT2D eigenvalue weighted by molar-refractivity contribution is 0.558. The van der Waals surface area contributed by atoms with Crippen molar-refractivity contribution in [3.05, 3.63) is 65.4 Å². The molecule has 0 heterocycles. The molecule has 0 aliphatic heterocycles. The fourth-order valence-electron chi connectivity index (χ4n) is 2.13. The van der Waals surface area contributed by atoms with Crippen molar-refractivity contribution in [2.45, 2.75) is 12.8 Å². The first-order valence-electron chi connectivity index (χ1n) is 6.05. The van der Waals surface area contributed by atoms with E-state index in [2.05, 4.69) is 29.3 Å². The van der Waals surface area contributed by atoms with Gasteiger partial charge in [0.05, 0.1) is 0 Å². The van der Waals surface area contributed by atoms with Crippen LogP contribution in [-0.4, -0.2) is 12.9 Å². The second kappa shape index (κ2) is 6.10. The molecule has 0 saturated carbocycles. The first-order valence-corrected chi connectivity index (χ1v) is 6.05. The number of benzene rings is 1. The number of alkyl halides is 1. The Hall–Kier alpha value is -1.96. The Labute approximate surface area is 107 Å². The number of halogens is 1. The van der Waals surface area contributed by atoms with Crippen molar-refractivity contribution < 1.29 is 4.39 Å². The predicted octanol–water partition coefficient (Wildman–Crippen LogP) is 4.30. The van der Waals surface area contributed by atoms with Crippen LogP contribution in [0.5, 0.6) is 0 Å². The van der Waals surface area contributed by atoms with Gasteiger partial charge in [0.25, 0.3) is 0 Å². The second-order valence-electron chi connectivity index (χ2n) is 4.02. The molecule has 0 radical (unpaired) electrons. The minimum atomic E-state index is -0.493. The van der Waals surface area contributed by atoms with Gasteiger partial charge in [0.2, 0.25) is 0 Å². The molecular formula is C16H16FN. The Morgan fingerprint density at radius 1 is 1.33 bits per heavy atom. The third kappa shape index (κ3) is 2.65. The van der Waals surface area contributed by atoms with Crippen molar-refractivity contribution >= 4 is 12.3 Å². The van der Waals surface area contributed by atoms with Crippen LogP contribution in [0, 0.1) is 0 Å². The minimum Gasteiger partial charge on any atom is -0.265 e. The quantitative estimate of drug-likeness (QED) is 0.700. The summed E-state index contributed by atoms with van der Waals surface area (Å²) in [6.07, 6.45) is 11.3. The fraction of sp³-hybridized carbons (Fsp3) is 0.188. The number of aliphatic imine (C=N–C) groups is 1. The standard InChI is InChI=1S/C16H16FN/c1-2-18-16(11-12-17)15-10-6-4-8-13-7-3-5-9-14(13)15/h2-11,15H,12H2,1H3/b16-11-,18-2?. The maximum atomic E-state index is 12.6. The molecule has 2 rings (SSSR count). The van der Waals surface area contributed by atoms with Gasteiger partial charge >= 0.3 is 0 Å². The van der Waals surface area contributed by atoms with Crippen LogP contribution in [0.4, 0.5) is 4.39 Å². The lowest BCUT2D eigenvalue weighted by Gasteiger charge is -2.15. The van der Waals surface area contributed by atoms with Gasteiger partial charge in [-0.2, -0.15) is 0 Å². The smallest absolute Gasteiger partial charge is 0.110 e. The summed E-state index contributed by atoms with van der Waals surface area (Å²) in [6, 6.07) is 8.14. The van der Waals surface area contributed by atoms with Crippen molar-refractivity contribution in [3.63, 3.8) is 0 Å². The van der Waals surface area contributed by atoms with E-state index >= 15 is 0 Å². The van der Waals surface area contributed by atoms with E-state index in [1.54, 1.807) is 6.21 Å². The molecule has 1 aliphatic rings. The van der Waals surface area contributed by atoms with Crippen LogP contribution in [0.2, 0.25) is 0 Å². The minimum absolute atomic E-state index is 0.0168. The Morgan fingerprint density at radius 2 is 2.17 bits per heavy atom. The third-order valence-corrected chi connectivity index (χ3v) is 2.90. The van der Waals surface area contributed by atoms with E-state index in [1.165, 1.54) is 6.08 Å². The van der Waals surface area contributed by atoms with Crippen LogP contribution in [-0.2, 0) is 0 Å². The van der Waals surface area contributed by atoms with Crippen LogP contribution in [0.15, 0.2) is 59.3 Å². The molecule has 0 amide bonds. The molecule has 18 heavy (non-hydrogen) atoms. The molecule has 1 aromatic rings. The lowest BCUT2D eigenvalue weighted by Crippen LogP contribution is -2.00. The topological polar surface area (TPSA) is 12.4 Å². The van der Waals surface area contributed by atoms with E-state index in [0.717, 1.165) is 16.8 Å². The summed E-state index contributed by atoms with van der Waals surface area (Å²) in [5.74, 6) is 0.0168. The van der Waals surface area contributed by atoms with Crippen LogP contribution in [0.3, 0.4) is 0 Å². The second-order valence-corrected chi connectivity index (χ2v) is 4.02. The van der Waals surface area contributed by atoms with Gasteiger partial charge < -0.3 is 0 Å². The molecule has 0 bridgehead atoms. The van der Waals surface area contributed by atoms with Gasteiger partial charge in [0.15, 0.2) is 0 Å². The van der Waals surface area contributed by atoms with Crippen LogP contribution in [0.25, 0.3) is 6.08 Å². The SMILES string of the molecule is CC=N/C(=C\CF)C1C=CC=Cc2ccccc21. The Kier molecular flexibility index (Phi) is 4.24. The molecule has 1 nitrogen and oxygen atoms in total. The van der Waals surface area contributed by atoms with Gasteiger partial charge in [0.1, 0.15) is 6.67 Å². The van der Waals surface area contributed by atoms with Crippen LogP contribution >= 0.6 is 0 Å². The molecule has 0 fully saturated rings. The maximum absolute atomic E-state index is 12.6. The molecule has 1 aromatic carbocycles. The molecular weight excluding hydrogens is 225 g/mol. The van der Waals surface area contributed by atoms with Gasteiger partial charge in [-0.15, -0.1) is 0 Å². The summed E-state index contributed by atoms with van der Waals surface area (Å²) < 4.78 is 12.6. The predicted molar refractivity (Wildman–Crippen MR) is 75.6 cm³/mol. The Balaban J connectivity index is 2.48. The van der Waals surface area contributed by atoms with Crippen molar-refractivity contribution in [2.75, 3.05) is 6.67 Å². The van der Waals surface area contributed by atoms with E-state index in [9.17, 15) is 4.39 Å². The van der Waals surface area contributed by atoms with E-state index in [-0.39, 0.29) is 5.92 Å². The first kappa shape index (κ1) is 12.5. The molecule has 0 aromatic heterocycles.